The molecule has 0 aromatic carbocycles. The van der Waals surface area contributed by atoms with Gasteiger partial charge in [-0.3, -0.25) is 18.6 Å². The van der Waals surface area contributed by atoms with Crippen LogP contribution < -0.4 is 5.32 Å². The Bertz CT molecular complexity index is 975. The number of hydrogen-bond acceptors (Lipinski definition) is 8. The molecule has 0 amide bonds. The summed E-state index contributed by atoms with van der Waals surface area (Å²) in [7, 11) is -2.65. The Balaban J connectivity index is 4.16. The summed E-state index contributed by atoms with van der Waals surface area (Å²) >= 11 is 0. The van der Waals surface area contributed by atoms with Crippen LogP contribution in [0, 0.1) is 0 Å². The minimum atomic E-state index is -4.35. The third-order valence-corrected chi connectivity index (χ3v) is 11.0. The van der Waals surface area contributed by atoms with Crippen LogP contribution in [0.3, 0.4) is 0 Å². The van der Waals surface area contributed by atoms with Crippen molar-refractivity contribution < 1.29 is 37.6 Å². The lowest BCUT2D eigenvalue weighted by molar-refractivity contribution is -0.161. The highest BCUT2D eigenvalue weighted by atomic mass is 31.2. The first kappa shape index (κ1) is 54.5. The molecule has 10 heteroatoms. The van der Waals surface area contributed by atoms with Gasteiger partial charge in [0.05, 0.1) is 13.2 Å². The van der Waals surface area contributed by atoms with Gasteiger partial charge in [-0.15, -0.1) is 0 Å². The Morgan fingerprint density at radius 3 is 1.34 bits per heavy atom. The topological polar surface area (TPSA) is 120 Å². The highest BCUT2D eigenvalue weighted by Crippen LogP contribution is 2.43. The fraction of sp³-hybridized carbons (Fsp3) is 0.870. The maximum absolute atomic E-state index is 12.6. The molecule has 0 fully saturated rings. The Morgan fingerprint density at radius 2 is 0.911 bits per heavy atom. The van der Waals surface area contributed by atoms with Crippen molar-refractivity contribution in [2.24, 2.45) is 0 Å². The molecule has 0 aliphatic heterocycles. The number of esters is 2. The molecular formula is C46H88NO8P. The summed E-state index contributed by atoms with van der Waals surface area (Å²) in [6, 6.07) is 0. The summed E-state index contributed by atoms with van der Waals surface area (Å²) in [5.74, 6) is -0.807. The maximum atomic E-state index is 12.6. The molecule has 0 aliphatic carbocycles. The van der Waals surface area contributed by atoms with Crippen LogP contribution in [0.25, 0.3) is 0 Å². The Hall–Kier alpha value is -1.51. The van der Waals surface area contributed by atoms with Crippen molar-refractivity contribution in [1.82, 2.24) is 5.32 Å². The van der Waals surface area contributed by atoms with Gasteiger partial charge in [-0.25, -0.2) is 4.57 Å². The van der Waals surface area contributed by atoms with E-state index in [0.29, 0.717) is 13.0 Å². The first-order chi connectivity index (χ1) is 27.3. The fourth-order valence-electron chi connectivity index (χ4n) is 6.48. The van der Waals surface area contributed by atoms with Crippen LogP contribution in [-0.4, -0.2) is 56.3 Å². The van der Waals surface area contributed by atoms with Gasteiger partial charge in [0.2, 0.25) is 0 Å². The first-order valence-electron chi connectivity index (χ1n) is 23.3. The Labute approximate surface area is 344 Å². The number of carbonyl (C=O) groups is 2. The van der Waals surface area contributed by atoms with E-state index in [1.165, 1.54) is 148 Å². The number of nitrogens with one attached hydrogen (secondary N) is 1. The molecule has 0 saturated carbocycles. The molecule has 2 atom stereocenters. The summed E-state index contributed by atoms with van der Waals surface area (Å²) in [4.78, 5) is 35.1. The number of phosphoric ester groups is 1. The minimum Gasteiger partial charge on any atom is -0.462 e. The monoisotopic (exact) mass is 814 g/mol. The SMILES string of the molecule is CCCCCC/C=C\CCCCCCCCCC(=O)OCC(COP(=O)(O)OCCNC)OC(=O)CCCCCCCCCCC/C=C\CCCCCCCC. The second kappa shape index (κ2) is 43.1. The van der Waals surface area contributed by atoms with Gasteiger partial charge in [0.15, 0.2) is 6.10 Å². The normalized spacial score (nSPS) is 13.4. The predicted octanol–water partition coefficient (Wildman–Crippen LogP) is 13.4. The largest absolute Gasteiger partial charge is 0.472 e. The van der Waals surface area contributed by atoms with Gasteiger partial charge in [0.1, 0.15) is 6.61 Å². The summed E-state index contributed by atoms with van der Waals surface area (Å²) in [5, 5.41) is 2.83. The molecule has 0 bridgehead atoms. The number of allylic oxidation sites excluding steroid dienone is 4. The quantitative estimate of drug-likeness (QED) is 0.0268. The minimum absolute atomic E-state index is 0.0166. The summed E-state index contributed by atoms with van der Waals surface area (Å²) in [5.41, 5.74) is 0. The van der Waals surface area contributed by atoms with Crippen molar-refractivity contribution in [2.45, 2.75) is 225 Å². The molecular weight excluding hydrogens is 725 g/mol. The number of ether oxygens (including phenoxy) is 2. The van der Waals surface area contributed by atoms with E-state index in [0.717, 1.165) is 38.5 Å². The van der Waals surface area contributed by atoms with Crippen molar-refractivity contribution in [3.63, 3.8) is 0 Å². The van der Waals surface area contributed by atoms with E-state index in [9.17, 15) is 19.0 Å². The zero-order valence-electron chi connectivity index (χ0n) is 36.6. The molecule has 0 rings (SSSR count). The smallest absolute Gasteiger partial charge is 0.462 e. The van der Waals surface area contributed by atoms with Gasteiger partial charge < -0.3 is 19.7 Å². The van der Waals surface area contributed by atoms with Crippen molar-refractivity contribution in [2.75, 3.05) is 33.4 Å². The third-order valence-electron chi connectivity index (χ3n) is 10.0. The second-order valence-electron chi connectivity index (χ2n) is 15.6. The molecule has 0 aromatic rings. The molecule has 56 heavy (non-hydrogen) atoms. The van der Waals surface area contributed by atoms with E-state index in [1.807, 2.05) is 0 Å². The molecule has 9 nitrogen and oxygen atoms in total. The van der Waals surface area contributed by atoms with E-state index < -0.39 is 26.5 Å². The maximum Gasteiger partial charge on any atom is 0.472 e. The van der Waals surface area contributed by atoms with Crippen molar-refractivity contribution in [3.05, 3.63) is 24.3 Å². The van der Waals surface area contributed by atoms with E-state index >= 15 is 0 Å². The van der Waals surface area contributed by atoms with Crippen molar-refractivity contribution >= 4 is 19.8 Å². The standard InChI is InChI=1S/C46H88NO8P/c1-4-6-8-10-12-14-16-18-20-21-22-23-25-27-29-31-33-35-37-39-46(49)55-44(43-54-56(50,51)53-41-40-47-3)42-52-45(48)38-36-34-32-30-28-26-24-19-17-15-13-11-9-7-5-2/h15,17-18,20,44,47H,4-14,16,19,21-43H2,1-3H3,(H,50,51)/b17-15-,20-18-. The first-order valence-corrected chi connectivity index (χ1v) is 24.8. The fourth-order valence-corrected chi connectivity index (χ4v) is 7.24. The van der Waals surface area contributed by atoms with Gasteiger partial charge in [-0.1, -0.05) is 167 Å². The molecule has 2 unspecified atom stereocenters. The average molecular weight is 814 g/mol. The molecule has 2 N–H and O–H groups in total. The van der Waals surface area contributed by atoms with E-state index in [1.54, 1.807) is 7.05 Å². The lowest BCUT2D eigenvalue weighted by atomic mass is 10.1. The lowest BCUT2D eigenvalue weighted by Gasteiger charge is -2.20. The van der Waals surface area contributed by atoms with Crippen molar-refractivity contribution in [3.8, 4) is 0 Å². The highest BCUT2D eigenvalue weighted by molar-refractivity contribution is 7.47. The number of hydrogen-bond donors (Lipinski definition) is 2. The van der Waals surface area contributed by atoms with Gasteiger partial charge >= 0.3 is 19.8 Å². The van der Waals surface area contributed by atoms with E-state index in [-0.39, 0.29) is 32.0 Å². The number of phosphoric acid groups is 1. The van der Waals surface area contributed by atoms with Crippen LogP contribution in [0.2, 0.25) is 0 Å². The second-order valence-corrected chi connectivity index (χ2v) is 17.0. The molecule has 0 aliphatic rings. The molecule has 0 aromatic heterocycles. The van der Waals surface area contributed by atoms with Gasteiger partial charge in [-0.05, 0) is 71.3 Å². The zero-order valence-corrected chi connectivity index (χ0v) is 37.5. The van der Waals surface area contributed by atoms with Gasteiger partial charge in [-0.2, -0.15) is 0 Å². The van der Waals surface area contributed by atoms with E-state index in [2.05, 4.69) is 43.5 Å². The van der Waals surface area contributed by atoms with Crippen LogP contribution in [0.5, 0.6) is 0 Å². The number of likely N-dealkylation sites (N-methyl/N-ethyl adjacent to an activating group) is 1. The number of rotatable bonds is 44. The summed E-state index contributed by atoms with van der Waals surface area (Å²) < 4.78 is 33.2. The molecule has 330 valence electrons. The molecule has 0 saturated heterocycles. The van der Waals surface area contributed by atoms with Crippen LogP contribution in [0.1, 0.15) is 219 Å². The average Bonchev–Trinajstić information content (AvgIpc) is 3.18. The summed E-state index contributed by atoms with van der Waals surface area (Å²) in [6.45, 7) is 4.23. The Kier molecular flexibility index (Phi) is 41.9. The van der Waals surface area contributed by atoms with Gasteiger partial charge in [0.25, 0.3) is 0 Å². The molecule has 0 spiro atoms. The summed E-state index contributed by atoms with van der Waals surface area (Å²) in [6.07, 6.45) is 45.0. The highest BCUT2D eigenvalue weighted by Gasteiger charge is 2.26. The molecule has 0 heterocycles. The van der Waals surface area contributed by atoms with Gasteiger partial charge in [0, 0.05) is 19.4 Å². The van der Waals surface area contributed by atoms with E-state index in [4.69, 9.17) is 18.5 Å². The van der Waals surface area contributed by atoms with Crippen LogP contribution in [-0.2, 0) is 32.7 Å². The lowest BCUT2D eigenvalue weighted by Crippen LogP contribution is -2.29. The predicted molar refractivity (Wildman–Crippen MR) is 234 cm³/mol. The number of unbranched alkanes of at least 4 members (excludes halogenated alkanes) is 26. The molecule has 0 radical (unpaired) electrons. The van der Waals surface area contributed by atoms with Crippen LogP contribution >= 0.6 is 7.82 Å². The Morgan fingerprint density at radius 1 is 0.536 bits per heavy atom. The van der Waals surface area contributed by atoms with Crippen LogP contribution in [0.15, 0.2) is 24.3 Å². The zero-order chi connectivity index (χ0) is 41.1. The third kappa shape index (κ3) is 42.1. The van der Waals surface area contributed by atoms with Crippen molar-refractivity contribution in [1.29, 1.82) is 0 Å². The van der Waals surface area contributed by atoms with Crippen LogP contribution in [0.4, 0.5) is 0 Å². The number of carbonyl (C=O) groups excluding carboxylic acids is 2.